The van der Waals surface area contributed by atoms with Gasteiger partial charge in [0.25, 0.3) is 0 Å². The number of aromatic nitrogens is 2. The number of fused-ring (bicyclic) bond motifs is 1. The summed E-state index contributed by atoms with van der Waals surface area (Å²) in [6.07, 6.45) is 1.37. The average molecular weight is 373 g/mol. The van der Waals surface area contributed by atoms with Gasteiger partial charge in [-0.1, -0.05) is 22.9 Å². The van der Waals surface area contributed by atoms with Crippen molar-refractivity contribution in [1.29, 1.82) is 0 Å². The van der Waals surface area contributed by atoms with Gasteiger partial charge >= 0.3 is 0 Å². The number of halogens is 2. The fraction of sp³-hybridized carbons (Fsp3) is 0.467. The van der Waals surface area contributed by atoms with E-state index in [1.165, 1.54) is 0 Å². The molecule has 0 saturated carbocycles. The predicted octanol–water partition coefficient (Wildman–Crippen LogP) is 4.01. The summed E-state index contributed by atoms with van der Waals surface area (Å²) >= 11 is 9.70. The zero-order valence-electron chi connectivity index (χ0n) is 12.2. The smallest absolute Gasteiger partial charge is 0.221 e. The summed E-state index contributed by atoms with van der Waals surface area (Å²) in [6.45, 7) is 5.22. The minimum absolute atomic E-state index is 0.0573. The molecule has 1 atom stereocenters. The summed E-state index contributed by atoms with van der Waals surface area (Å²) in [6, 6.07) is 5.92. The maximum absolute atomic E-state index is 11.8. The first-order valence-electron chi connectivity index (χ1n) is 7.09. The van der Waals surface area contributed by atoms with Crippen LogP contribution in [0.3, 0.4) is 0 Å². The molecule has 1 heterocycles. The van der Waals surface area contributed by atoms with Gasteiger partial charge in [-0.2, -0.15) is 0 Å². The third-order valence-corrected chi connectivity index (χ3v) is 3.92. The van der Waals surface area contributed by atoms with Crippen LogP contribution in [0.25, 0.3) is 11.0 Å². The van der Waals surface area contributed by atoms with E-state index in [1.54, 1.807) is 0 Å². The topological polar surface area (TPSA) is 46.9 Å². The Balaban J connectivity index is 2.25. The molecule has 114 valence electrons. The fourth-order valence-electron chi connectivity index (χ4n) is 2.22. The van der Waals surface area contributed by atoms with Gasteiger partial charge < -0.3 is 9.88 Å². The second-order valence-corrected chi connectivity index (χ2v) is 6.54. The number of nitrogens with zero attached hydrogens (tertiary/aromatic N) is 2. The number of nitrogens with one attached hydrogen (secondary N) is 1. The lowest BCUT2D eigenvalue weighted by Crippen LogP contribution is -2.25. The number of rotatable bonds is 6. The monoisotopic (exact) mass is 371 g/mol. The van der Waals surface area contributed by atoms with Crippen LogP contribution >= 0.6 is 27.5 Å². The summed E-state index contributed by atoms with van der Waals surface area (Å²) in [5.74, 6) is 0.856. The Kier molecular flexibility index (Phi) is 5.65. The van der Waals surface area contributed by atoms with Gasteiger partial charge in [0.1, 0.15) is 5.82 Å². The molecule has 0 aliphatic rings. The van der Waals surface area contributed by atoms with Gasteiger partial charge in [-0.05, 0) is 31.5 Å². The molecular formula is C15H19BrClN3O. The summed E-state index contributed by atoms with van der Waals surface area (Å²) in [7, 11) is 0. The quantitative estimate of drug-likeness (QED) is 0.779. The third kappa shape index (κ3) is 3.98. The van der Waals surface area contributed by atoms with Crippen LogP contribution in [0.5, 0.6) is 0 Å². The van der Waals surface area contributed by atoms with Gasteiger partial charge in [-0.3, -0.25) is 4.79 Å². The van der Waals surface area contributed by atoms with Gasteiger partial charge in [0.15, 0.2) is 0 Å². The second-order valence-electron chi connectivity index (χ2n) is 4.97. The zero-order valence-corrected chi connectivity index (χ0v) is 14.5. The van der Waals surface area contributed by atoms with Crippen LogP contribution in [0.4, 0.5) is 0 Å². The number of imidazole rings is 1. The first kappa shape index (κ1) is 16.3. The van der Waals surface area contributed by atoms with Gasteiger partial charge in [-0.15, -0.1) is 11.6 Å². The van der Waals surface area contributed by atoms with Crippen molar-refractivity contribution in [3.8, 4) is 0 Å². The predicted molar refractivity (Wildman–Crippen MR) is 89.6 cm³/mol. The highest BCUT2D eigenvalue weighted by atomic mass is 79.9. The van der Waals surface area contributed by atoms with Crippen molar-refractivity contribution in [3.63, 3.8) is 0 Å². The minimum Gasteiger partial charge on any atom is -0.356 e. The average Bonchev–Trinajstić information content (AvgIpc) is 2.81. The molecule has 4 nitrogen and oxygen atoms in total. The molecule has 21 heavy (non-hydrogen) atoms. The summed E-state index contributed by atoms with van der Waals surface area (Å²) in [4.78, 5) is 16.4. The molecule has 0 bridgehead atoms. The van der Waals surface area contributed by atoms with Crippen LogP contribution in [0.15, 0.2) is 22.7 Å². The molecule has 1 amide bonds. The number of alkyl halides is 1. The molecule has 6 heteroatoms. The fourth-order valence-corrected chi connectivity index (χ4v) is 2.73. The zero-order chi connectivity index (χ0) is 15.4. The van der Waals surface area contributed by atoms with E-state index in [0.29, 0.717) is 19.5 Å². The largest absolute Gasteiger partial charge is 0.356 e. The van der Waals surface area contributed by atoms with Crippen LogP contribution < -0.4 is 5.32 Å². The minimum atomic E-state index is -0.199. The van der Waals surface area contributed by atoms with E-state index in [-0.39, 0.29) is 11.3 Å². The molecule has 0 aliphatic carbocycles. The number of hydrogen-bond acceptors (Lipinski definition) is 2. The molecule has 1 aromatic heterocycles. The molecule has 2 aromatic rings. The molecule has 1 aromatic carbocycles. The molecule has 0 radical (unpaired) electrons. The van der Waals surface area contributed by atoms with Crippen molar-refractivity contribution in [2.45, 2.75) is 38.6 Å². The highest BCUT2D eigenvalue weighted by Gasteiger charge is 2.15. The van der Waals surface area contributed by atoms with Gasteiger partial charge in [-0.25, -0.2) is 4.98 Å². The lowest BCUT2D eigenvalue weighted by molar-refractivity contribution is -0.121. The number of benzene rings is 1. The normalized spacial score (nSPS) is 12.6. The Labute approximate surface area is 138 Å². The first-order chi connectivity index (χ1) is 10.0. The highest BCUT2D eigenvalue weighted by Crippen LogP contribution is 2.26. The number of carbonyl (C=O) groups excluding carboxylic acids is 1. The number of aryl methyl sites for hydroxylation is 1. The highest BCUT2D eigenvalue weighted by molar-refractivity contribution is 9.10. The van der Waals surface area contributed by atoms with Crippen LogP contribution in [0, 0.1) is 0 Å². The molecule has 0 aliphatic heterocycles. The molecule has 0 fully saturated rings. The van der Waals surface area contributed by atoms with E-state index in [2.05, 4.69) is 26.2 Å². The third-order valence-electron chi connectivity index (χ3n) is 3.23. The van der Waals surface area contributed by atoms with Crippen LogP contribution in [0.1, 0.15) is 37.9 Å². The lowest BCUT2D eigenvalue weighted by atomic mass is 10.3. The number of hydrogen-bond donors (Lipinski definition) is 1. The first-order valence-corrected chi connectivity index (χ1v) is 8.32. The Morgan fingerprint density at radius 1 is 1.52 bits per heavy atom. The second kappa shape index (κ2) is 7.27. The Morgan fingerprint density at radius 3 is 2.95 bits per heavy atom. The summed E-state index contributed by atoms with van der Waals surface area (Å²) in [5, 5.41) is 2.69. The van der Waals surface area contributed by atoms with Crippen molar-refractivity contribution in [2.75, 3.05) is 6.54 Å². The summed E-state index contributed by atoms with van der Waals surface area (Å²) < 4.78 is 3.02. The van der Waals surface area contributed by atoms with E-state index in [1.807, 2.05) is 36.6 Å². The maximum atomic E-state index is 11.8. The van der Waals surface area contributed by atoms with E-state index in [9.17, 15) is 4.79 Å². The van der Waals surface area contributed by atoms with Gasteiger partial charge in [0, 0.05) is 24.0 Å². The molecular weight excluding hydrogens is 354 g/mol. The Hall–Kier alpha value is -1.07. The van der Waals surface area contributed by atoms with Crippen molar-refractivity contribution in [3.05, 3.63) is 28.5 Å². The molecule has 1 unspecified atom stereocenters. The van der Waals surface area contributed by atoms with E-state index < -0.39 is 0 Å². The SMILES string of the molecule is CCCNC(=O)CCn1c(C(C)Cl)nc2ccc(Br)cc21. The van der Waals surface area contributed by atoms with Gasteiger partial charge in [0.05, 0.1) is 16.4 Å². The van der Waals surface area contributed by atoms with Crippen molar-refractivity contribution in [1.82, 2.24) is 14.9 Å². The van der Waals surface area contributed by atoms with Crippen molar-refractivity contribution < 1.29 is 4.79 Å². The Bertz CT molecular complexity index is 639. The van der Waals surface area contributed by atoms with E-state index in [4.69, 9.17) is 11.6 Å². The van der Waals surface area contributed by atoms with Crippen LogP contribution in [-0.4, -0.2) is 22.0 Å². The number of amides is 1. The molecule has 2 rings (SSSR count). The maximum Gasteiger partial charge on any atom is 0.221 e. The van der Waals surface area contributed by atoms with Gasteiger partial charge in [0.2, 0.25) is 5.91 Å². The van der Waals surface area contributed by atoms with Crippen LogP contribution in [-0.2, 0) is 11.3 Å². The Morgan fingerprint density at radius 2 is 2.29 bits per heavy atom. The van der Waals surface area contributed by atoms with E-state index in [0.717, 1.165) is 27.8 Å². The summed E-state index contributed by atoms with van der Waals surface area (Å²) in [5.41, 5.74) is 1.89. The van der Waals surface area contributed by atoms with E-state index >= 15 is 0 Å². The molecule has 0 saturated heterocycles. The van der Waals surface area contributed by atoms with Crippen molar-refractivity contribution >= 4 is 44.5 Å². The molecule has 0 spiro atoms. The number of carbonyl (C=O) groups is 1. The van der Waals surface area contributed by atoms with Crippen LogP contribution in [0.2, 0.25) is 0 Å². The lowest BCUT2D eigenvalue weighted by Gasteiger charge is -2.10. The standard InChI is InChI=1S/C15H19BrClN3O/c1-3-7-18-14(21)6-8-20-13-9-11(16)4-5-12(13)19-15(20)10(2)17/h4-5,9-10H,3,6-8H2,1-2H3,(H,18,21). The van der Waals surface area contributed by atoms with Crippen molar-refractivity contribution in [2.24, 2.45) is 0 Å². The molecule has 1 N–H and O–H groups in total.